The number of halogens is 3. The molecule has 0 unspecified atom stereocenters. The van der Waals surface area contributed by atoms with Gasteiger partial charge in [-0.3, -0.25) is 9.67 Å². The fourth-order valence-electron chi connectivity index (χ4n) is 2.86. The molecule has 4 rings (SSSR count). The number of nitrogens with zero attached hydrogens (tertiary/aromatic N) is 4. The summed E-state index contributed by atoms with van der Waals surface area (Å²) in [6, 6.07) is 12.8. The van der Waals surface area contributed by atoms with Gasteiger partial charge in [0, 0.05) is 28.8 Å². The molecule has 0 aliphatic rings. The van der Waals surface area contributed by atoms with Gasteiger partial charge in [0.25, 0.3) is 0 Å². The van der Waals surface area contributed by atoms with Crippen molar-refractivity contribution in [1.82, 2.24) is 20.0 Å². The molecule has 2 heterocycles. The van der Waals surface area contributed by atoms with Gasteiger partial charge in [0.2, 0.25) is 0 Å². The number of pyridine rings is 1. The maximum Gasteiger partial charge on any atom is 0.157 e. The predicted molar refractivity (Wildman–Crippen MR) is 116 cm³/mol. The summed E-state index contributed by atoms with van der Waals surface area (Å²) in [7, 11) is 0. The van der Waals surface area contributed by atoms with Crippen molar-refractivity contribution in [2.45, 2.75) is 13.2 Å². The molecule has 4 aromatic rings. The number of fused-ring (bicyclic) bond motifs is 1. The Morgan fingerprint density at radius 1 is 1.03 bits per heavy atom. The first-order valence-electron chi connectivity index (χ1n) is 8.84. The average Bonchev–Trinajstić information content (AvgIpc) is 3.15. The van der Waals surface area contributed by atoms with Gasteiger partial charge >= 0.3 is 0 Å². The molecule has 0 atom stereocenters. The summed E-state index contributed by atoms with van der Waals surface area (Å²) in [4.78, 5) is 4.35. The van der Waals surface area contributed by atoms with E-state index in [1.807, 2.05) is 30.5 Å². The molecular weight excluding hydrogens is 433 g/mol. The first-order valence-corrected chi connectivity index (χ1v) is 9.97. The summed E-state index contributed by atoms with van der Waals surface area (Å²) in [6.07, 6.45) is 3.59. The van der Waals surface area contributed by atoms with Gasteiger partial charge in [-0.15, -0.1) is 5.10 Å². The van der Waals surface area contributed by atoms with E-state index in [1.165, 1.54) is 0 Å². The molecular formula is C20H16Cl3N5O. The number of hydrogen-bond acceptors (Lipinski definition) is 5. The van der Waals surface area contributed by atoms with E-state index in [2.05, 4.69) is 20.6 Å². The van der Waals surface area contributed by atoms with Crippen molar-refractivity contribution in [3.8, 4) is 5.75 Å². The van der Waals surface area contributed by atoms with Crippen LogP contribution < -0.4 is 10.1 Å². The summed E-state index contributed by atoms with van der Waals surface area (Å²) in [6.45, 7) is 1.53. The minimum Gasteiger partial charge on any atom is -0.484 e. The number of ether oxygens (including phenoxy) is 1. The molecule has 0 aliphatic carbocycles. The van der Waals surface area contributed by atoms with Crippen molar-refractivity contribution in [2.24, 2.45) is 0 Å². The maximum absolute atomic E-state index is 6.11. The second-order valence-electron chi connectivity index (χ2n) is 6.26. The minimum absolute atomic E-state index is 0.229. The highest BCUT2D eigenvalue weighted by Gasteiger charge is 2.09. The lowest BCUT2D eigenvalue weighted by molar-refractivity contribution is 0.301. The molecule has 1 N–H and O–H groups in total. The molecule has 29 heavy (non-hydrogen) atoms. The zero-order chi connectivity index (χ0) is 20.2. The van der Waals surface area contributed by atoms with E-state index >= 15 is 0 Å². The number of benzene rings is 2. The summed E-state index contributed by atoms with van der Waals surface area (Å²) in [5, 5.41) is 14.3. The van der Waals surface area contributed by atoms with Gasteiger partial charge in [-0.05, 0) is 36.4 Å². The summed E-state index contributed by atoms with van der Waals surface area (Å²) in [5.74, 6) is 0.441. The predicted octanol–water partition coefficient (Wildman–Crippen LogP) is 5.48. The molecule has 0 spiro atoms. The van der Waals surface area contributed by atoms with Gasteiger partial charge in [-0.25, -0.2) is 0 Å². The third-order valence-electron chi connectivity index (χ3n) is 4.23. The Hall–Kier alpha value is -2.54. The molecule has 0 radical (unpaired) electrons. The number of nitrogens with one attached hydrogen (secondary N) is 1. The Labute approximate surface area is 182 Å². The SMILES string of the molecule is Clc1ccc2c(NCCn3cc(COc4c(Cl)cccc4Cl)nn3)ccnc2c1. The minimum atomic E-state index is 0.229. The molecule has 148 valence electrons. The van der Waals surface area contributed by atoms with Crippen LogP contribution >= 0.6 is 34.8 Å². The zero-order valence-electron chi connectivity index (χ0n) is 15.1. The largest absolute Gasteiger partial charge is 0.484 e. The van der Waals surface area contributed by atoms with Gasteiger partial charge in [0.05, 0.1) is 28.3 Å². The van der Waals surface area contributed by atoms with Crippen molar-refractivity contribution in [3.05, 3.63) is 75.6 Å². The number of anilines is 1. The van der Waals surface area contributed by atoms with Gasteiger partial charge in [0.15, 0.2) is 5.75 Å². The highest BCUT2D eigenvalue weighted by Crippen LogP contribution is 2.32. The van der Waals surface area contributed by atoms with Gasteiger partial charge in [-0.1, -0.05) is 46.1 Å². The Bertz CT molecular complexity index is 1130. The molecule has 0 amide bonds. The third kappa shape index (κ3) is 4.72. The number of hydrogen-bond donors (Lipinski definition) is 1. The number of aromatic nitrogens is 4. The lowest BCUT2D eigenvalue weighted by Crippen LogP contribution is -2.11. The van der Waals surface area contributed by atoms with Crippen LogP contribution in [0.5, 0.6) is 5.75 Å². The van der Waals surface area contributed by atoms with Crippen molar-refractivity contribution < 1.29 is 4.74 Å². The quantitative estimate of drug-likeness (QED) is 0.406. The van der Waals surface area contributed by atoms with Crippen LogP contribution in [-0.2, 0) is 13.2 Å². The topological polar surface area (TPSA) is 64.9 Å². The van der Waals surface area contributed by atoms with Crippen molar-refractivity contribution in [3.63, 3.8) is 0 Å². The molecule has 0 saturated heterocycles. The van der Waals surface area contributed by atoms with Crippen LogP contribution in [0, 0.1) is 0 Å². The average molecular weight is 449 g/mol. The number of rotatable bonds is 7. The van der Waals surface area contributed by atoms with E-state index in [0.717, 1.165) is 16.6 Å². The third-order valence-corrected chi connectivity index (χ3v) is 5.06. The maximum atomic E-state index is 6.11. The first kappa shape index (κ1) is 19.8. The van der Waals surface area contributed by atoms with E-state index in [1.54, 1.807) is 29.1 Å². The fourth-order valence-corrected chi connectivity index (χ4v) is 3.53. The molecule has 0 bridgehead atoms. The Balaban J connectivity index is 1.34. The van der Waals surface area contributed by atoms with E-state index in [9.17, 15) is 0 Å². The summed E-state index contributed by atoms with van der Waals surface area (Å²) < 4.78 is 7.44. The lowest BCUT2D eigenvalue weighted by Gasteiger charge is -2.09. The molecule has 6 nitrogen and oxygen atoms in total. The Morgan fingerprint density at radius 2 is 1.86 bits per heavy atom. The molecule has 0 fully saturated rings. The van der Waals surface area contributed by atoms with E-state index < -0.39 is 0 Å². The van der Waals surface area contributed by atoms with Crippen molar-refractivity contribution in [1.29, 1.82) is 0 Å². The van der Waals surface area contributed by atoms with Crippen LogP contribution in [0.4, 0.5) is 5.69 Å². The molecule has 0 aliphatic heterocycles. The fraction of sp³-hybridized carbons (Fsp3) is 0.150. The second-order valence-corrected chi connectivity index (χ2v) is 7.51. The van der Waals surface area contributed by atoms with Gasteiger partial charge < -0.3 is 10.1 Å². The van der Waals surface area contributed by atoms with Crippen LogP contribution in [-0.4, -0.2) is 26.5 Å². The van der Waals surface area contributed by atoms with E-state index in [-0.39, 0.29) is 6.61 Å². The second kappa shape index (κ2) is 8.86. The Morgan fingerprint density at radius 3 is 2.69 bits per heavy atom. The van der Waals surface area contributed by atoms with Crippen LogP contribution in [0.1, 0.15) is 5.69 Å². The lowest BCUT2D eigenvalue weighted by atomic mass is 10.2. The van der Waals surface area contributed by atoms with Gasteiger partial charge in [-0.2, -0.15) is 0 Å². The normalized spacial score (nSPS) is 11.0. The van der Waals surface area contributed by atoms with Crippen LogP contribution in [0.15, 0.2) is 54.9 Å². The Kier molecular flexibility index (Phi) is 6.04. The van der Waals surface area contributed by atoms with Crippen LogP contribution in [0.3, 0.4) is 0 Å². The summed E-state index contributed by atoms with van der Waals surface area (Å²) >= 11 is 18.3. The molecule has 9 heteroatoms. The molecule has 2 aromatic carbocycles. The van der Waals surface area contributed by atoms with Crippen molar-refractivity contribution >= 4 is 51.4 Å². The number of para-hydroxylation sites is 1. The molecule has 0 saturated carbocycles. The monoisotopic (exact) mass is 447 g/mol. The van der Waals surface area contributed by atoms with Crippen LogP contribution in [0.2, 0.25) is 15.1 Å². The zero-order valence-corrected chi connectivity index (χ0v) is 17.4. The smallest absolute Gasteiger partial charge is 0.157 e. The van der Waals surface area contributed by atoms with E-state index in [0.29, 0.717) is 39.6 Å². The summed E-state index contributed by atoms with van der Waals surface area (Å²) in [5.41, 5.74) is 2.52. The highest BCUT2D eigenvalue weighted by molar-refractivity contribution is 6.37. The first-order chi connectivity index (χ1) is 14.1. The molecule has 2 aromatic heterocycles. The van der Waals surface area contributed by atoms with E-state index in [4.69, 9.17) is 39.5 Å². The highest BCUT2D eigenvalue weighted by atomic mass is 35.5. The van der Waals surface area contributed by atoms with Crippen LogP contribution in [0.25, 0.3) is 10.9 Å². The standard InChI is InChI=1S/C20H16Cl3N5O/c21-13-4-5-15-18(6-7-24-19(15)10-13)25-8-9-28-11-14(26-27-28)12-29-20-16(22)2-1-3-17(20)23/h1-7,10-11H,8-9,12H2,(H,24,25). The van der Waals surface area contributed by atoms with Crippen molar-refractivity contribution in [2.75, 3.05) is 11.9 Å². The van der Waals surface area contributed by atoms with Gasteiger partial charge in [0.1, 0.15) is 12.3 Å².